The number of benzene rings is 1. The molecule has 0 aromatic heterocycles. The second kappa shape index (κ2) is 5.47. The molecule has 1 aromatic rings. The molecule has 0 aliphatic heterocycles. The van der Waals surface area contributed by atoms with Crippen LogP contribution in [0.25, 0.3) is 0 Å². The van der Waals surface area contributed by atoms with Crippen molar-refractivity contribution in [3.63, 3.8) is 0 Å². The van der Waals surface area contributed by atoms with Crippen molar-refractivity contribution >= 4 is 18.3 Å². The Morgan fingerprint density at radius 2 is 1.86 bits per heavy atom. The van der Waals surface area contributed by atoms with Crippen LogP contribution in [0, 0.1) is 0 Å². The number of phenols is 1. The van der Waals surface area contributed by atoms with E-state index in [2.05, 4.69) is 0 Å². The van der Waals surface area contributed by atoms with Crippen molar-refractivity contribution in [3.8, 4) is 5.75 Å². The molecule has 0 saturated carbocycles. The van der Waals surface area contributed by atoms with Gasteiger partial charge in [0.15, 0.2) is 0 Å². The monoisotopic (exact) mass is 216 g/mol. The van der Waals surface area contributed by atoms with Crippen LogP contribution >= 0.6 is 12.4 Å². The second-order valence-corrected chi connectivity index (χ2v) is 2.88. The van der Waals surface area contributed by atoms with E-state index in [9.17, 15) is 4.79 Å². The largest absolute Gasteiger partial charge is 0.508 e. The lowest BCUT2D eigenvalue weighted by atomic mass is 10.1. The normalized spacial score (nSPS) is 11.5. The lowest BCUT2D eigenvalue weighted by Crippen LogP contribution is -2.38. The van der Waals surface area contributed by atoms with Gasteiger partial charge >= 0.3 is 0 Å². The zero-order valence-electron chi connectivity index (χ0n) is 7.51. The number of primary amides is 1. The number of nitrogens with two attached hydrogens (primary N) is 2. The van der Waals surface area contributed by atoms with Gasteiger partial charge < -0.3 is 16.6 Å². The minimum Gasteiger partial charge on any atom is -0.508 e. The molecule has 5 heteroatoms. The van der Waals surface area contributed by atoms with Crippen LogP contribution in [-0.4, -0.2) is 17.1 Å². The molecule has 5 N–H and O–H groups in total. The Hall–Kier alpha value is -1.26. The van der Waals surface area contributed by atoms with Crippen LogP contribution in [0.15, 0.2) is 24.3 Å². The summed E-state index contributed by atoms with van der Waals surface area (Å²) >= 11 is 0. The summed E-state index contributed by atoms with van der Waals surface area (Å²) in [6.07, 6.45) is 0.398. The Morgan fingerprint density at radius 1 is 1.36 bits per heavy atom. The molecule has 1 atom stereocenters. The molecule has 78 valence electrons. The number of halogens is 1. The first kappa shape index (κ1) is 12.7. The molecule has 14 heavy (non-hydrogen) atoms. The Labute approximate surface area is 88.3 Å². The Morgan fingerprint density at radius 3 is 2.29 bits per heavy atom. The summed E-state index contributed by atoms with van der Waals surface area (Å²) < 4.78 is 0. The lowest BCUT2D eigenvalue weighted by Gasteiger charge is -2.06. The number of phenolic OH excluding ortho intramolecular Hbond substituents is 1. The highest BCUT2D eigenvalue weighted by molar-refractivity contribution is 5.85. The molecule has 0 fully saturated rings. The molecule has 0 aliphatic rings. The average molecular weight is 217 g/mol. The van der Waals surface area contributed by atoms with E-state index in [-0.39, 0.29) is 18.2 Å². The van der Waals surface area contributed by atoms with Gasteiger partial charge in [-0.15, -0.1) is 12.4 Å². The van der Waals surface area contributed by atoms with E-state index in [0.717, 1.165) is 5.56 Å². The van der Waals surface area contributed by atoms with Crippen LogP contribution in [0.4, 0.5) is 0 Å². The predicted molar refractivity (Wildman–Crippen MR) is 56.2 cm³/mol. The summed E-state index contributed by atoms with van der Waals surface area (Å²) in [6, 6.07) is 5.84. The second-order valence-electron chi connectivity index (χ2n) is 2.88. The number of amides is 1. The fraction of sp³-hybridized carbons (Fsp3) is 0.222. The number of aromatic hydroxyl groups is 1. The standard InChI is InChI=1S/C9H12N2O2.ClH/c10-8(9(11)13)5-6-1-3-7(12)4-2-6;/h1-4,8,12H,5,10H2,(H2,11,13);1H/t8-;/m0./s1. The quantitative estimate of drug-likeness (QED) is 0.673. The van der Waals surface area contributed by atoms with E-state index in [0.29, 0.717) is 6.42 Å². The van der Waals surface area contributed by atoms with Crippen molar-refractivity contribution < 1.29 is 9.90 Å². The Bertz CT molecular complexity index is 300. The van der Waals surface area contributed by atoms with E-state index in [1.807, 2.05) is 0 Å². The maximum Gasteiger partial charge on any atom is 0.234 e. The summed E-state index contributed by atoms with van der Waals surface area (Å²) in [5.41, 5.74) is 11.3. The average Bonchev–Trinajstić information content (AvgIpc) is 2.08. The summed E-state index contributed by atoms with van der Waals surface area (Å²) in [5.74, 6) is -0.329. The molecule has 0 aliphatic carbocycles. The molecular weight excluding hydrogens is 204 g/mol. The number of hydrogen-bond acceptors (Lipinski definition) is 3. The SMILES string of the molecule is Cl.NC(=O)[C@@H](N)Cc1ccc(O)cc1. The fourth-order valence-corrected chi connectivity index (χ4v) is 0.987. The summed E-state index contributed by atoms with van der Waals surface area (Å²) in [4.78, 5) is 10.6. The summed E-state index contributed by atoms with van der Waals surface area (Å²) in [6.45, 7) is 0. The van der Waals surface area contributed by atoms with Crippen LogP contribution in [0.5, 0.6) is 5.75 Å². The number of carbonyl (C=O) groups excluding carboxylic acids is 1. The predicted octanol–water partition coefficient (Wildman–Crippen LogP) is 0.169. The first-order chi connectivity index (χ1) is 6.09. The fourth-order valence-electron chi connectivity index (χ4n) is 0.987. The molecule has 4 nitrogen and oxygen atoms in total. The summed E-state index contributed by atoms with van der Waals surface area (Å²) in [7, 11) is 0. The van der Waals surface area contributed by atoms with Crippen molar-refractivity contribution in [1.29, 1.82) is 0 Å². The van der Waals surface area contributed by atoms with E-state index in [4.69, 9.17) is 16.6 Å². The molecule has 0 radical (unpaired) electrons. The molecular formula is C9H13ClN2O2. The van der Waals surface area contributed by atoms with Gasteiger partial charge in [0.2, 0.25) is 5.91 Å². The minimum atomic E-state index is -0.662. The number of rotatable bonds is 3. The third kappa shape index (κ3) is 3.64. The third-order valence-corrected chi connectivity index (χ3v) is 1.76. The molecule has 0 heterocycles. The van der Waals surface area contributed by atoms with Crippen molar-refractivity contribution in [2.45, 2.75) is 12.5 Å². The number of carbonyl (C=O) groups is 1. The van der Waals surface area contributed by atoms with Crippen LogP contribution in [-0.2, 0) is 11.2 Å². The smallest absolute Gasteiger partial charge is 0.234 e. The van der Waals surface area contributed by atoms with E-state index in [1.165, 1.54) is 0 Å². The highest BCUT2D eigenvalue weighted by atomic mass is 35.5. The molecule has 1 rings (SSSR count). The van der Waals surface area contributed by atoms with Crippen molar-refractivity contribution in [2.75, 3.05) is 0 Å². The highest BCUT2D eigenvalue weighted by Gasteiger charge is 2.09. The maximum atomic E-state index is 10.6. The zero-order valence-corrected chi connectivity index (χ0v) is 8.33. The van der Waals surface area contributed by atoms with E-state index < -0.39 is 11.9 Å². The van der Waals surface area contributed by atoms with Gasteiger partial charge in [-0.05, 0) is 24.1 Å². The van der Waals surface area contributed by atoms with Gasteiger partial charge in [0.05, 0.1) is 6.04 Å². The highest BCUT2D eigenvalue weighted by Crippen LogP contribution is 2.10. The van der Waals surface area contributed by atoms with Crippen LogP contribution in [0.1, 0.15) is 5.56 Å². The van der Waals surface area contributed by atoms with Crippen LogP contribution < -0.4 is 11.5 Å². The third-order valence-electron chi connectivity index (χ3n) is 1.76. The molecule has 1 amide bonds. The van der Waals surface area contributed by atoms with Crippen molar-refractivity contribution in [1.82, 2.24) is 0 Å². The summed E-state index contributed by atoms with van der Waals surface area (Å²) in [5, 5.41) is 8.98. The van der Waals surface area contributed by atoms with E-state index >= 15 is 0 Å². The maximum absolute atomic E-state index is 10.6. The first-order valence-electron chi connectivity index (χ1n) is 3.92. The van der Waals surface area contributed by atoms with Crippen LogP contribution in [0.2, 0.25) is 0 Å². The first-order valence-corrected chi connectivity index (χ1v) is 3.92. The Balaban J connectivity index is 0.00000169. The van der Waals surface area contributed by atoms with E-state index in [1.54, 1.807) is 24.3 Å². The number of hydrogen-bond donors (Lipinski definition) is 3. The minimum absolute atomic E-state index is 0. The van der Waals surface area contributed by atoms with Gasteiger partial charge in [-0.25, -0.2) is 0 Å². The van der Waals surface area contributed by atoms with Crippen molar-refractivity contribution in [2.24, 2.45) is 11.5 Å². The van der Waals surface area contributed by atoms with Gasteiger partial charge in [0, 0.05) is 0 Å². The Kier molecular flexibility index (Phi) is 4.97. The van der Waals surface area contributed by atoms with Gasteiger partial charge in [0.1, 0.15) is 5.75 Å². The van der Waals surface area contributed by atoms with Crippen LogP contribution in [0.3, 0.4) is 0 Å². The molecule has 0 bridgehead atoms. The molecule has 0 saturated heterocycles. The van der Waals surface area contributed by atoms with Crippen molar-refractivity contribution in [3.05, 3.63) is 29.8 Å². The molecule has 1 aromatic carbocycles. The van der Waals surface area contributed by atoms with Gasteiger partial charge in [-0.3, -0.25) is 4.79 Å². The topological polar surface area (TPSA) is 89.3 Å². The molecule has 0 unspecified atom stereocenters. The van der Waals surface area contributed by atoms with Gasteiger partial charge in [0.25, 0.3) is 0 Å². The molecule has 0 spiro atoms. The zero-order chi connectivity index (χ0) is 9.84. The van der Waals surface area contributed by atoms with Gasteiger partial charge in [-0.2, -0.15) is 0 Å². The van der Waals surface area contributed by atoms with Gasteiger partial charge in [-0.1, -0.05) is 12.1 Å². The lowest BCUT2D eigenvalue weighted by molar-refractivity contribution is -0.119.